The molecule has 35 heavy (non-hydrogen) atoms. The first-order chi connectivity index (χ1) is 17.3. The number of hydrogen-bond donors (Lipinski definition) is 1. The predicted octanol–water partition coefficient (Wildman–Crippen LogP) is 3.66. The lowest BCUT2D eigenvalue weighted by atomic mass is 9.97. The first-order valence-electron chi connectivity index (χ1n) is 12.8. The average Bonchev–Trinajstić information content (AvgIpc) is 3.41. The fourth-order valence-corrected chi connectivity index (χ4v) is 5.61. The zero-order chi connectivity index (χ0) is 23.6. The molecule has 2 aliphatic rings. The first kappa shape index (κ1) is 22.0. The average molecular weight is 469 g/mol. The number of hydrogen-bond acceptors (Lipinski definition) is 5. The minimum Gasteiger partial charge on any atom is -0.356 e. The van der Waals surface area contributed by atoms with Crippen LogP contribution in [-0.2, 0) is 17.8 Å². The number of rotatable bonds is 6. The van der Waals surface area contributed by atoms with Gasteiger partial charge in [-0.1, -0.05) is 24.3 Å². The van der Waals surface area contributed by atoms with Crippen LogP contribution in [0.5, 0.6) is 0 Å². The lowest BCUT2D eigenvalue weighted by molar-refractivity contribution is -0.125. The van der Waals surface area contributed by atoms with E-state index in [-0.39, 0.29) is 11.8 Å². The summed E-state index contributed by atoms with van der Waals surface area (Å²) in [6, 6.07) is 16.9. The fourth-order valence-electron chi connectivity index (χ4n) is 5.61. The molecule has 0 bridgehead atoms. The zero-order valence-corrected chi connectivity index (χ0v) is 20.1. The van der Waals surface area contributed by atoms with E-state index in [2.05, 4.69) is 61.0 Å². The molecule has 5 heterocycles. The third kappa shape index (κ3) is 4.48. The van der Waals surface area contributed by atoms with Crippen molar-refractivity contribution in [2.45, 2.75) is 32.2 Å². The molecule has 6 rings (SSSR count). The molecular weight excluding hydrogens is 436 g/mol. The Morgan fingerprint density at radius 2 is 1.91 bits per heavy atom. The van der Waals surface area contributed by atoms with E-state index in [0.29, 0.717) is 6.54 Å². The van der Waals surface area contributed by atoms with Crippen LogP contribution in [0.2, 0.25) is 0 Å². The maximum atomic E-state index is 13.0. The van der Waals surface area contributed by atoms with Crippen LogP contribution in [0.4, 0.5) is 5.82 Å². The number of carbonyl (C=O) groups excluding carboxylic acids is 1. The number of carbonyl (C=O) groups is 1. The molecule has 1 aromatic carbocycles. The zero-order valence-electron chi connectivity index (χ0n) is 20.1. The van der Waals surface area contributed by atoms with E-state index in [4.69, 9.17) is 4.98 Å². The Kier molecular flexibility index (Phi) is 6.08. The molecule has 2 aliphatic heterocycles. The van der Waals surface area contributed by atoms with Crippen molar-refractivity contribution in [3.05, 3.63) is 72.1 Å². The van der Waals surface area contributed by atoms with E-state index < -0.39 is 0 Å². The van der Waals surface area contributed by atoms with E-state index in [9.17, 15) is 4.79 Å². The number of benzene rings is 1. The summed E-state index contributed by atoms with van der Waals surface area (Å²) in [5.74, 6) is 1.08. The molecular formula is C28H32N6O. The first-order valence-corrected chi connectivity index (χ1v) is 12.8. The highest BCUT2D eigenvalue weighted by molar-refractivity contribution is 5.84. The van der Waals surface area contributed by atoms with Gasteiger partial charge in [-0.3, -0.25) is 9.69 Å². The second kappa shape index (κ2) is 9.66. The Hall–Kier alpha value is -3.45. The van der Waals surface area contributed by atoms with Crippen molar-refractivity contribution >= 4 is 28.4 Å². The minimum atomic E-state index is -0.0122. The fraction of sp³-hybridized carbons (Fsp3) is 0.393. The number of aromatic nitrogens is 3. The van der Waals surface area contributed by atoms with Gasteiger partial charge in [0.15, 0.2) is 11.5 Å². The smallest absolute Gasteiger partial charge is 0.224 e. The lowest BCUT2D eigenvalue weighted by Gasteiger charge is -2.33. The summed E-state index contributed by atoms with van der Waals surface area (Å²) in [6.07, 6.45) is 7.85. The topological polar surface area (TPSA) is 65.8 Å². The van der Waals surface area contributed by atoms with Crippen molar-refractivity contribution in [2.75, 3.05) is 37.6 Å². The van der Waals surface area contributed by atoms with Crippen molar-refractivity contribution in [2.24, 2.45) is 5.92 Å². The molecule has 0 saturated carbocycles. The Balaban J connectivity index is 1.05. The second-order valence-electron chi connectivity index (χ2n) is 9.77. The summed E-state index contributed by atoms with van der Waals surface area (Å²) < 4.78 is 2.15. The van der Waals surface area contributed by atoms with Gasteiger partial charge >= 0.3 is 0 Å². The van der Waals surface area contributed by atoms with Crippen LogP contribution in [0.15, 0.2) is 60.9 Å². The standard InChI is InChI=1S/C28H32N6O/c35-28(30-14-6-15-32-18-12-21-7-1-2-8-22(21)19-32)23-9-4-16-33(20-23)27-25-11-5-17-34(25)24-10-3-13-29-26(24)31-27/h1-3,5,7-8,10-11,13,17,23H,4,6,9,12,14-16,18-20H2,(H,30,35)/t23-/m0/s1. The van der Waals surface area contributed by atoms with Crippen LogP contribution in [0.25, 0.3) is 16.7 Å². The largest absolute Gasteiger partial charge is 0.356 e. The molecule has 4 aromatic rings. The Morgan fingerprint density at radius 3 is 2.86 bits per heavy atom. The molecule has 0 unspecified atom stereocenters. The summed E-state index contributed by atoms with van der Waals surface area (Å²) in [4.78, 5) is 27.2. The van der Waals surface area contributed by atoms with Gasteiger partial charge < -0.3 is 14.6 Å². The van der Waals surface area contributed by atoms with Crippen LogP contribution >= 0.6 is 0 Å². The molecule has 1 saturated heterocycles. The highest BCUT2D eigenvalue weighted by Crippen LogP contribution is 2.28. The molecule has 1 amide bonds. The van der Waals surface area contributed by atoms with Gasteiger partial charge in [-0.25, -0.2) is 9.97 Å². The van der Waals surface area contributed by atoms with Crippen LogP contribution in [0.1, 0.15) is 30.4 Å². The van der Waals surface area contributed by atoms with Gasteiger partial charge in [-0.2, -0.15) is 0 Å². The minimum absolute atomic E-state index is 0.0122. The van der Waals surface area contributed by atoms with E-state index in [1.807, 2.05) is 18.2 Å². The highest BCUT2D eigenvalue weighted by Gasteiger charge is 2.28. The molecule has 0 spiro atoms. The molecule has 0 radical (unpaired) electrons. The number of nitrogens with one attached hydrogen (secondary N) is 1. The highest BCUT2D eigenvalue weighted by atomic mass is 16.1. The van der Waals surface area contributed by atoms with E-state index in [1.54, 1.807) is 6.20 Å². The van der Waals surface area contributed by atoms with Gasteiger partial charge in [0.2, 0.25) is 5.91 Å². The molecule has 7 heteroatoms. The Labute approximate surface area is 205 Å². The lowest BCUT2D eigenvalue weighted by Crippen LogP contribution is -2.44. The van der Waals surface area contributed by atoms with Crippen molar-refractivity contribution in [1.29, 1.82) is 0 Å². The molecule has 3 aromatic heterocycles. The second-order valence-corrected chi connectivity index (χ2v) is 9.77. The van der Waals surface area contributed by atoms with Crippen molar-refractivity contribution in [3.8, 4) is 0 Å². The van der Waals surface area contributed by atoms with Crippen LogP contribution in [-0.4, -0.2) is 57.9 Å². The summed E-state index contributed by atoms with van der Waals surface area (Å²) in [5, 5.41) is 3.21. The molecule has 1 N–H and O–H groups in total. The van der Waals surface area contributed by atoms with Gasteiger partial charge in [0.05, 0.1) is 17.0 Å². The van der Waals surface area contributed by atoms with Gasteiger partial charge in [0, 0.05) is 51.7 Å². The van der Waals surface area contributed by atoms with E-state index in [1.165, 1.54) is 11.1 Å². The van der Waals surface area contributed by atoms with Crippen molar-refractivity contribution < 1.29 is 4.79 Å². The quantitative estimate of drug-likeness (QED) is 0.438. The molecule has 7 nitrogen and oxygen atoms in total. The van der Waals surface area contributed by atoms with Gasteiger partial charge in [-0.05, 0) is 61.1 Å². The predicted molar refractivity (Wildman–Crippen MR) is 138 cm³/mol. The number of anilines is 1. The van der Waals surface area contributed by atoms with Gasteiger partial charge in [0.25, 0.3) is 0 Å². The normalized spacial score (nSPS) is 18.6. The maximum Gasteiger partial charge on any atom is 0.224 e. The van der Waals surface area contributed by atoms with Gasteiger partial charge in [0.1, 0.15) is 0 Å². The van der Waals surface area contributed by atoms with Crippen LogP contribution in [0, 0.1) is 5.92 Å². The summed E-state index contributed by atoms with van der Waals surface area (Å²) in [5.41, 5.74) is 5.72. The number of nitrogens with zero attached hydrogens (tertiary/aromatic N) is 5. The monoisotopic (exact) mass is 468 g/mol. The Bertz CT molecular complexity index is 1350. The third-order valence-electron chi connectivity index (χ3n) is 7.47. The molecule has 180 valence electrons. The SMILES string of the molecule is O=C(NCCCN1CCc2ccccc2C1)[C@H]1CCCN(c2nc3ncccc3n3cccc23)C1. The number of pyridine rings is 1. The summed E-state index contributed by atoms with van der Waals surface area (Å²) >= 11 is 0. The van der Waals surface area contributed by atoms with Crippen LogP contribution < -0.4 is 10.2 Å². The maximum absolute atomic E-state index is 13.0. The van der Waals surface area contributed by atoms with Gasteiger partial charge in [-0.15, -0.1) is 0 Å². The number of fused-ring (bicyclic) bond motifs is 4. The number of piperidine rings is 1. The van der Waals surface area contributed by atoms with Crippen molar-refractivity contribution in [1.82, 2.24) is 24.6 Å². The number of amides is 1. The third-order valence-corrected chi connectivity index (χ3v) is 7.47. The molecule has 0 aliphatic carbocycles. The molecule has 1 atom stereocenters. The van der Waals surface area contributed by atoms with E-state index in [0.717, 1.165) is 80.9 Å². The molecule has 1 fully saturated rings. The summed E-state index contributed by atoms with van der Waals surface area (Å²) in [7, 11) is 0. The summed E-state index contributed by atoms with van der Waals surface area (Å²) in [6.45, 7) is 5.47. The van der Waals surface area contributed by atoms with E-state index >= 15 is 0 Å². The van der Waals surface area contributed by atoms with Crippen LogP contribution in [0.3, 0.4) is 0 Å². The van der Waals surface area contributed by atoms with Crippen molar-refractivity contribution in [3.63, 3.8) is 0 Å². The Morgan fingerprint density at radius 1 is 1.03 bits per heavy atom.